The summed E-state index contributed by atoms with van der Waals surface area (Å²) in [5.74, 6) is 0.169. The molecule has 1 saturated heterocycles. The molecule has 2 aromatic rings. The van der Waals surface area contributed by atoms with E-state index in [4.69, 9.17) is 0 Å². The van der Waals surface area contributed by atoms with Gasteiger partial charge in [0.2, 0.25) is 5.91 Å². The average Bonchev–Trinajstić information content (AvgIpc) is 3.08. The summed E-state index contributed by atoms with van der Waals surface area (Å²) in [6, 6.07) is 10.3. The fourth-order valence-corrected chi connectivity index (χ4v) is 6.45. The fraction of sp³-hybridized carbons (Fsp3) is 0.353. The maximum absolute atomic E-state index is 12.6. The predicted molar refractivity (Wildman–Crippen MR) is 104 cm³/mol. The standard InChI is InChI=1S/C17H19BrN2O4S2/c18-15-6-8-17(25-15)26(23,24)20-11-9-19(10-12-20)16(22)7-5-13-3-1-2-4-14(13)21/h1-4,6,8,21H,5,7,9-12H2. The molecule has 1 aliphatic heterocycles. The van der Waals surface area contributed by atoms with Crippen LogP contribution < -0.4 is 0 Å². The summed E-state index contributed by atoms with van der Waals surface area (Å²) in [7, 11) is -3.50. The van der Waals surface area contributed by atoms with Gasteiger partial charge in [0.25, 0.3) is 10.0 Å². The minimum absolute atomic E-state index is 0.0239. The van der Waals surface area contributed by atoms with Crippen LogP contribution in [0.4, 0.5) is 0 Å². The molecule has 1 aromatic carbocycles. The second kappa shape index (κ2) is 8.08. The van der Waals surface area contributed by atoms with Crippen molar-refractivity contribution >= 4 is 43.2 Å². The predicted octanol–water partition coefficient (Wildman–Crippen LogP) is 2.68. The van der Waals surface area contributed by atoms with Crippen LogP contribution in [-0.4, -0.2) is 54.8 Å². The molecular weight excluding hydrogens is 440 g/mol. The number of thiophene rings is 1. The van der Waals surface area contributed by atoms with Crippen LogP contribution in [-0.2, 0) is 21.2 Å². The largest absolute Gasteiger partial charge is 0.508 e. The quantitative estimate of drug-likeness (QED) is 0.746. The van der Waals surface area contributed by atoms with Crippen molar-refractivity contribution < 1.29 is 18.3 Å². The van der Waals surface area contributed by atoms with Crippen molar-refractivity contribution in [3.63, 3.8) is 0 Å². The van der Waals surface area contributed by atoms with E-state index < -0.39 is 10.0 Å². The number of phenolic OH excluding ortho intramolecular Hbond substituents is 1. The first-order valence-electron chi connectivity index (χ1n) is 8.18. The Labute approximate surface area is 165 Å². The Morgan fingerprint density at radius 1 is 1.12 bits per heavy atom. The van der Waals surface area contributed by atoms with Crippen molar-refractivity contribution in [3.05, 3.63) is 45.7 Å². The number of para-hydroxylation sites is 1. The Bertz CT molecular complexity index is 890. The van der Waals surface area contributed by atoms with Gasteiger partial charge in [0.1, 0.15) is 9.96 Å². The molecule has 1 N–H and O–H groups in total. The molecule has 1 amide bonds. The SMILES string of the molecule is O=C(CCc1ccccc1O)N1CCN(S(=O)(=O)c2ccc(Br)s2)CC1. The van der Waals surface area contributed by atoms with Crippen LogP contribution in [0.15, 0.2) is 44.4 Å². The van der Waals surface area contributed by atoms with Gasteiger partial charge in [0.15, 0.2) is 0 Å². The number of benzene rings is 1. The number of amides is 1. The molecular formula is C17H19BrN2O4S2. The van der Waals surface area contributed by atoms with Crippen LogP contribution >= 0.6 is 27.3 Å². The van der Waals surface area contributed by atoms with E-state index in [-0.39, 0.29) is 11.7 Å². The van der Waals surface area contributed by atoms with Crippen molar-refractivity contribution in [1.82, 2.24) is 9.21 Å². The molecule has 0 spiro atoms. The van der Waals surface area contributed by atoms with Gasteiger partial charge in [-0.3, -0.25) is 4.79 Å². The first kappa shape index (κ1) is 19.3. The zero-order valence-electron chi connectivity index (χ0n) is 14.0. The van der Waals surface area contributed by atoms with E-state index >= 15 is 0 Å². The molecule has 0 saturated carbocycles. The highest BCUT2D eigenvalue weighted by Gasteiger charge is 2.30. The molecule has 1 fully saturated rings. The molecule has 3 rings (SSSR count). The summed E-state index contributed by atoms with van der Waals surface area (Å²) in [6.07, 6.45) is 0.759. The van der Waals surface area contributed by atoms with Gasteiger partial charge >= 0.3 is 0 Å². The lowest BCUT2D eigenvalue weighted by molar-refractivity contribution is -0.132. The summed E-state index contributed by atoms with van der Waals surface area (Å²) < 4.78 is 27.7. The molecule has 6 nitrogen and oxygen atoms in total. The number of nitrogens with zero attached hydrogens (tertiary/aromatic N) is 2. The zero-order chi connectivity index (χ0) is 18.7. The molecule has 1 aliphatic rings. The highest BCUT2D eigenvalue weighted by Crippen LogP contribution is 2.29. The van der Waals surface area contributed by atoms with Crippen molar-refractivity contribution in [2.24, 2.45) is 0 Å². The highest BCUT2D eigenvalue weighted by atomic mass is 79.9. The van der Waals surface area contributed by atoms with Gasteiger partial charge in [-0.1, -0.05) is 18.2 Å². The van der Waals surface area contributed by atoms with Crippen LogP contribution in [0.3, 0.4) is 0 Å². The van der Waals surface area contributed by atoms with Gasteiger partial charge < -0.3 is 10.0 Å². The van der Waals surface area contributed by atoms with Crippen LogP contribution in [0, 0.1) is 0 Å². The van der Waals surface area contributed by atoms with Gasteiger partial charge in [0, 0.05) is 32.6 Å². The van der Waals surface area contributed by atoms with E-state index in [1.54, 1.807) is 35.2 Å². The molecule has 0 radical (unpaired) electrons. The minimum atomic E-state index is -3.50. The number of carbonyl (C=O) groups is 1. The first-order chi connectivity index (χ1) is 12.4. The topological polar surface area (TPSA) is 77.9 Å². The smallest absolute Gasteiger partial charge is 0.252 e. The van der Waals surface area contributed by atoms with Crippen LogP contribution in [0.25, 0.3) is 0 Å². The second-order valence-electron chi connectivity index (χ2n) is 5.97. The summed E-state index contributed by atoms with van der Waals surface area (Å²) >= 11 is 4.47. The lowest BCUT2D eigenvalue weighted by Crippen LogP contribution is -2.50. The zero-order valence-corrected chi connectivity index (χ0v) is 17.2. The van der Waals surface area contributed by atoms with E-state index in [1.165, 1.54) is 15.6 Å². The van der Waals surface area contributed by atoms with Gasteiger partial charge in [-0.05, 0) is 46.1 Å². The molecule has 0 bridgehead atoms. The Morgan fingerprint density at radius 2 is 1.81 bits per heavy atom. The summed E-state index contributed by atoms with van der Waals surface area (Å²) in [5, 5.41) is 9.77. The number of halogens is 1. The number of hydrogen-bond donors (Lipinski definition) is 1. The van der Waals surface area contributed by atoms with E-state index in [1.807, 2.05) is 6.07 Å². The van der Waals surface area contributed by atoms with Crippen LogP contribution in [0.5, 0.6) is 5.75 Å². The molecule has 26 heavy (non-hydrogen) atoms. The Balaban J connectivity index is 1.55. The van der Waals surface area contributed by atoms with E-state index in [0.717, 1.165) is 9.35 Å². The van der Waals surface area contributed by atoms with Gasteiger partial charge in [-0.15, -0.1) is 11.3 Å². The van der Waals surface area contributed by atoms with Gasteiger partial charge in [0.05, 0.1) is 3.79 Å². The van der Waals surface area contributed by atoms with Crippen molar-refractivity contribution in [3.8, 4) is 5.75 Å². The molecule has 0 unspecified atom stereocenters. The first-order valence-corrected chi connectivity index (χ1v) is 11.2. The monoisotopic (exact) mass is 458 g/mol. The van der Waals surface area contributed by atoms with E-state index in [9.17, 15) is 18.3 Å². The number of piperazine rings is 1. The maximum Gasteiger partial charge on any atom is 0.252 e. The second-order valence-corrected chi connectivity index (χ2v) is 10.6. The number of sulfonamides is 1. The number of hydrogen-bond acceptors (Lipinski definition) is 5. The van der Waals surface area contributed by atoms with Crippen molar-refractivity contribution in [1.29, 1.82) is 0 Å². The third-order valence-electron chi connectivity index (χ3n) is 4.33. The summed E-state index contributed by atoms with van der Waals surface area (Å²) in [6.45, 7) is 1.34. The molecule has 9 heteroatoms. The van der Waals surface area contributed by atoms with E-state index in [0.29, 0.717) is 43.2 Å². The van der Waals surface area contributed by atoms with Gasteiger partial charge in [-0.2, -0.15) is 4.31 Å². The maximum atomic E-state index is 12.6. The van der Waals surface area contributed by atoms with Crippen molar-refractivity contribution in [2.75, 3.05) is 26.2 Å². The van der Waals surface area contributed by atoms with Crippen molar-refractivity contribution in [2.45, 2.75) is 17.1 Å². The van der Waals surface area contributed by atoms with E-state index in [2.05, 4.69) is 15.9 Å². The normalized spacial score (nSPS) is 16.0. The third-order valence-corrected chi connectivity index (χ3v) is 8.32. The summed E-state index contributed by atoms with van der Waals surface area (Å²) in [4.78, 5) is 14.1. The lowest BCUT2D eigenvalue weighted by atomic mass is 10.1. The molecule has 2 heterocycles. The van der Waals surface area contributed by atoms with Crippen LogP contribution in [0.1, 0.15) is 12.0 Å². The Hall–Kier alpha value is -1.42. The number of carbonyl (C=O) groups excluding carboxylic acids is 1. The van der Waals surface area contributed by atoms with Crippen LogP contribution in [0.2, 0.25) is 0 Å². The Kier molecular flexibility index (Phi) is 6.01. The molecule has 0 aliphatic carbocycles. The third kappa shape index (κ3) is 4.28. The number of phenols is 1. The number of aryl methyl sites for hydroxylation is 1. The highest BCUT2D eigenvalue weighted by molar-refractivity contribution is 9.11. The molecule has 0 atom stereocenters. The molecule has 140 valence electrons. The Morgan fingerprint density at radius 3 is 2.42 bits per heavy atom. The lowest BCUT2D eigenvalue weighted by Gasteiger charge is -2.33. The van der Waals surface area contributed by atoms with Gasteiger partial charge in [-0.25, -0.2) is 8.42 Å². The molecule has 1 aromatic heterocycles. The summed E-state index contributed by atoms with van der Waals surface area (Å²) in [5.41, 5.74) is 0.741. The number of rotatable bonds is 5. The number of aromatic hydroxyl groups is 1. The average molecular weight is 459 g/mol. The minimum Gasteiger partial charge on any atom is -0.508 e. The fourth-order valence-electron chi connectivity index (χ4n) is 2.86.